The van der Waals surface area contributed by atoms with Crippen LogP contribution in [0.15, 0.2) is 35.5 Å². The maximum absolute atomic E-state index is 13.0. The number of amides is 3. The molecule has 4 rings (SSSR count). The maximum Gasteiger partial charge on any atom is 0.319 e. The number of aromatic nitrogens is 1. The monoisotopic (exact) mass is 324 g/mol. The normalized spacial score (nSPS) is 20.7. The molecule has 2 aliphatic heterocycles. The molecule has 3 N–H and O–H groups in total. The van der Waals surface area contributed by atoms with Crippen molar-refractivity contribution in [3.05, 3.63) is 46.8 Å². The van der Waals surface area contributed by atoms with E-state index in [1.807, 2.05) is 24.0 Å². The molecule has 0 radical (unpaired) electrons. The first-order valence-electron chi connectivity index (χ1n) is 8.20. The van der Waals surface area contributed by atoms with Crippen molar-refractivity contribution in [1.29, 1.82) is 0 Å². The van der Waals surface area contributed by atoms with Gasteiger partial charge in [-0.2, -0.15) is 0 Å². The molecule has 124 valence electrons. The molecule has 1 atom stereocenters. The SMILES string of the molecule is CC1=C(C(=O)N2CCc3c([nH]c4ccccc34)C2)C(C)NC(=O)N1. The highest BCUT2D eigenvalue weighted by molar-refractivity contribution is 5.98. The van der Waals surface area contributed by atoms with Crippen molar-refractivity contribution in [3.63, 3.8) is 0 Å². The van der Waals surface area contributed by atoms with Crippen LogP contribution in [-0.4, -0.2) is 34.4 Å². The summed E-state index contributed by atoms with van der Waals surface area (Å²) in [7, 11) is 0. The number of para-hydroxylation sites is 1. The minimum absolute atomic E-state index is 0.0168. The Bertz CT molecular complexity index is 880. The number of hydrogen-bond acceptors (Lipinski definition) is 2. The van der Waals surface area contributed by atoms with Gasteiger partial charge in [-0.05, 0) is 31.9 Å². The van der Waals surface area contributed by atoms with Gasteiger partial charge >= 0.3 is 6.03 Å². The lowest BCUT2D eigenvalue weighted by molar-refractivity contribution is -0.128. The smallest absolute Gasteiger partial charge is 0.319 e. The van der Waals surface area contributed by atoms with E-state index in [9.17, 15) is 9.59 Å². The third-order valence-corrected chi connectivity index (χ3v) is 4.89. The molecule has 1 aromatic heterocycles. The number of nitrogens with one attached hydrogen (secondary N) is 3. The van der Waals surface area contributed by atoms with E-state index in [0.29, 0.717) is 24.4 Å². The van der Waals surface area contributed by atoms with Crippen molar-refractivity contribution in [2.75, 3.05) is 6.54 Å². The van der Waals surface area contributed by atoms with E-state index in [1.165, 1.54) is 10.9 Å². The van der Waals surface area contributed by atoms with Gasteiger partial charge in [0.25, 0.3) is 5.91 Å². The molecule has 24 heavy (non-hydrogen) atoms. The fourth-order valence-electron chi connectivity index (χ4n) is 3.75. The molecule has 0 saturated heterocycles. The van der Waals surface area contributed by atoms with E-state index in [2.05, 4.69) is 27.8 Å². The van der Waals surface area contributed by atoms with E-state index >= 15 is 0 Å². The Morgan fingerprint density at radius 1 is 1.29 bits per heavy atom. The second-order valence-corrected chi connectivity index (χ2v) is 6.46. The molecular weight excluding hydrogens is 304 g/mol. The van der Waals surface area contributed by atoms with Gasteiger partial charge in [0.15, 0.2) is 0 Å². The average molecular weight is 324 g/mol. The molecule has 2 aliphatic rings. The summed E-state index contributed by atoms with van der Waals surface area (Å²) in [6.07, 6.45) is 0.839. The number of nitrogens with zero attached hydrogens (tertiary/aromatic N) is 1. The summed E-state index contributed by atoms with van der Waals surface area (Å²) < 4.78 is 0. The van der Waals surface area contributed by atoms with E-state index in [0.717, 1.165) is 17.6 Å². The number of benzene rings is 1. The molecule has 3 amide bonds. The summed E-state index contributed by atoms with van der Waals surface area (Å²) >= 11 is 0. The first-order valence-corrected chi connectivity index (χ1v) is 8.20. The van der Waals surface area contributed by atoms with E-state index in [1.54, 1.807) is 6.92 Å². The van der Waals surface area contributed by atoms with Gasteiger partial charge in [-0.25, -0.2) is 4.79 Å². The Hall–Kier alpha value is -2.76. The molecule has 1 aromatic carbocycles. The quantitative estimate of drug-likeness (QED) is 0.750. The highest BCUT2D eigenvalue weighted by atomic mass is 16.2. The van der Waals surface area contributed by atoms with Crippen LogP contribution in [0.5, 0.6) is 0 Å². The molecule has 6 heteroatoms. The minimum Gasteiger partial charge on any atom is -0.357 e. The predicted molar refractivity (Wildman–Crippen MR) is 91.2 cm³/mol. The molecule has 0 bridgehead atoms. The summed E-state index contributed by atoms with van der Waals surface area (Å²) in [5, 5.41) is 6.70. The molecule has 2 aromatic rings. The Morgan fingerprint density at radius 3 is 2.88 bits per heavy atom. The molecular formula is C18H20N4O2. The zero-order valence-corrected chi connectivity index (χ0v) is 13.8. The van der Waals surface area contributed by atoms with Crippen LogP contribution in [0.25, 0.3) is 10.9 Å². The van der Waals surface area contributed by atoms with Crippen molar-refractivity contribution >= 4 is 22.8 Å². The number of hydrogen-bond donors (Lipinski definition) is 3. The summed E-state index contributed by atoms with van der Waals surface area (Å²) in [6, 6.07) is 7.70. The summed E-state index contributed by atoms with van der Waals surface area (Å²) in [6.45, 7) is 4.87. The highest BCUT2D eigenvalue weighted by Gasteiger charge is 2.32. The lowest BCUT2D eigenvalue weighted by Crippen LogP contribution is -2.51. The summed E-state index contributed by atoms with van der Waals surface area (Å²) in [4.78, 5) is 29.8. The number of rotatable bonds is 1. The van der Waals surface area contributed by atoms with Crippen molar-refractivity contribution in [2.45, 2.75) is 32.9 Å². The van der Waals surface area contributed by atoms with Crippen LogP contribution in [0.4, 0.5) is 4.79 Å². The Balaban J connectivity index is 1.64. The van der Waals surface area contributed by atoms with Crippen LogP contribution in [0.3, 0.4) is 0 Å². The van der Waals surface area contributed by atoms with Crippen LogP contribution < -0.4 is 10.6 Å². The highest BCUT2D eigenvalue weighted by Crippen LogP contribution is 2.28. The van der Waals surface area contributed by atoms with Crippen LogP contribution in [-0.2, 0) is 17.8 Å². The van der Waals surface area contributed by atoms with Gasteiger partial charge in [-0.15, -0.1) is 0 Å². The second kappa shape index (κ2) is 5.40. The van der Waals surface area contributed by atoms with Crippen LogP contribution in [0.1, 0.15) is 25.1 Å². The average Bonchev–Trinajstić information content (AvgIpc) is 2.91. The fraction of sp³-hybridized carbons (Fsp3) is 0.333. The zero-order chi connectivity index (χ0) is 16.8. The van der Waals surface area contributed by atoms with Crippen molar-refractivity contribution in [2.24, 2.45) is 0 Å². The molecule has 1 unspecified atom stereocenters. The number of aromatic amines is 1. The van der Waals surface area contributed by atoms with Crippen LogP contribution >= 0.6 is 0 Å². The number of carbonyl (C=O) groups is 2. The molecule has 0 fully saturated rings. The van der Waals surface area contributed by atoms with Gasteiger partial charge < -0.3 is 20.5 Å². The number of H-pyrrole nitrogens is 1. The van der Waals surface area contributed by atoms with Gasteiger partial charge in [0, 0.05) is 28.8 Å². The standard InChI is InChI=1S/C18H20N4O2/c1-10-16(11(2)20-18(24)19-10)17(23)22-8-7-13-12-5-3-4-6-14(12)21-15(13)9-22/h3-6,10,21H,7-9H2,1-2H3,(H2,19,20,24). The molecule has 0 aliphatic carbocycles. The first-order chi connectivity index (χ1) is 11.5. The third kappa shape index (κ3) is 2.26. The number of carbonyl (C=O) groups excluding carboxylic acids is 2. The Labute approximate surface area is 139 Å². The van der Waals surface area contributed by atoms with Gasteiger partial charge in [0.2, 0.25) is 0 Å². The Morgan fingerprint density at radius 2 is 2.08 bits per heavy atom. The van der Waals surface area contributed by atoms with Gasteiger partial charge in [0.1, 0.15) is 0 Å². The van der Waals surface area contributed by atoms with Crippen molar-refractivity contribution in [3.8, 4) is 0 Å². The maximum atomic E-state index is 13.0. The molecule has 6 nitrogen and oxygen atoms in total. The largest absolute Gasteiger partial charge is 0.357 e. The number of fused-ring (bicyclic) bond motifs is 3. The summed E-state index contributed by atoms with van der Waals surface area (Å²) in [5.74, 6) is -0.0168. The van der Waals surface area contributed by atoms with Gasteiger partial charge in [-0.1, -0.05) is 18.2 Å². The lowest BCUT2D eigenvalue weighted by Gasteiger charge is -2.32. The third-order valence-electron chi connectivity index (χ3n) is 4.89. The van der Waals surface area contributed by atoms with Gasteiger partial charge in [0.05, 0.1) is 18.2 Å². The van der Waals surface area contributed by atoms with E-state index in [-0.39, 0.29) is 18.0 Å². The summed E-state index contributed by atoms with van der Waals surface area (Å²) in [5.41, 5.74) is 4.80. The predicted octanol–water partition coefficient (Wildman–Crippen LogP) is 2.03. The zero-order valence-electron chi connectivity index (χ0n) is 13.8. The van der Waals surface area contributed by atoms with Gasteiger partial charge in [-0.3, -0.25) is 4.79 Å². The van der Waals surface area contributed by atoms with Crippen molar-refractivity contribution in [1.82, 2.24) is 20.5 Å². The second-order valence-electron chi connectivity index (χ2n) is 6.46. The van der Waals surface area contributed by atoms with E-state index < -0.39 is 0 Å². The first kappa shape index (κ1) is 14.8. The van der Waals surface area contributed by atoms with Crippen LogP contribution in [0.2, 0.25) is 0 Å². The van der Waals surface area contributed by atoms with Crippen LogP contribution in [0, 0.1) is 0 Å². The molecule has 0 spiro atoms. The number of urea groups is 1. The Kier molecular flexibility index (Phi) is 3.33. The number of allylic oxidation sites excluding steroid dienone is 1. The molecule has 0 saturated carbocycles. The topological polar surface area (TPSA) is 77.2 Å². The molecule has 3 heterocycles. The lowest BCUT2D eigenvalue weighted by atomic mass is 9.99. The van der Waals surface area contributed by atoms with E-state index in [4.69, 9.17) is 0 Å². The fourth-order valence-corrected chi connectivity index (χ4v) is 3.75. The minimum atomic E-state index is -0.282. The van der Waals surface area contributed by atoms with Crippen molar-refractivity contribution < 1.29 is 9.59 Å².